The lowest BCUT2D eigenvalue weighted by Gasteiger charge is -2.15. The molecule has 0 spiro atoms. The number of nitrogens with zero attached hydrogens (tertiary/aromatic N) is 2. The highest BCUT2D eigenvalue weighted by molar-refractivity contribution is 5.62. The molecule has 2 aromatic heterocycles. The smallest absolute Gasteiger partial charge is 0.0565 e. The van der Waals surface area contributed by atoms with Gasteiger partial charge in [0, 0.05) is 29.6 Å². The SMILES string of the molecule is CC.CCC(c1ccc(-c2cn[nH]c2)cc1)c1ccccn1. The maximum Gasteiger partial charge on any atom is 0.0565 e. The largest absolute Gasteiger partial charge is 0.285 e. The second-order valence-electron chi connectivity index (χ2n) is 4.82. The Morgan fingerprint density at radius 1 is 1.00 bits per heavy atom. The summed E-state index contributed by atoms with van der Waals surface area (Å²) in [5.74, 6) is 0.356. The molecule has 0 fully saturated rings. The zero-order chi connectivity index (χ0) is 15.8. The third kappa shape index (κ3) is 3.61. The van der Waals surface area contributed by atoms with Crippen LogP contribution in [0.25, 0.3) is 11.1 Å². The van der Waals surface area contributed by atoms with Gasteiger partial charge in [0.25, 0.3) is 0 Å². The summed E-state index contributed by atoms with van der Waals surface area (Å²) in [6.07, 6.45) is 6.65. The number of aromatic nitrogens is 3. The number of nitrogens with one attached hydrogen (secondary N) is 1. The van der Waals surface area contributed by atoms with Crippen molar-refractivity contribution in [2.45, 2.75) is 33.1 Å². The van der Waals surface area contributed by atoms with Crippen molar-refractivity contribution in [1.82, 2.24) is 15.2 Å². The van der Waals surface area contributed by atoms with Gasteiger partial charge in [0.2, 0.25) is 0 Å². The summed E-state index contributed by atoms with van der Waals surface area (Å²) in [5.41, 5.74) is 4.73. The van der Waals surface area contributed by atoms with Crippen LogP contribution in [0.15, 0.2) is 61.1 Å². The molecule has 1 unspecified atom stereocenters. The molecular weight excluding hydrogens is 270 g/mol. The Hall–Kier alpha value is -2.42. The van der Waals surface area contributed by atoms with Crippen molar-refractivity contribution in [2.75, 3.05) is 0 Å². The molecule has 3 aromatic rings. The monoisotopic (exact) mass is 293 g/mol. The van der Waals surface area contributed by atoms with E-state index in [-0.39, 0.29) is 0 Å². The molecule has 3 heteroatoms. The molecule has 114 valence electrons. The molecule has 0 amide bonds. The van der Waals surface area contributed by atoms with Gasteiger partial charge in [-0.3, -0.25) is 10.1 Å². The normalized spacial score (nSPS) is 11.4. The van der Waals surface area contributed by atoms with Crippen molar-refractivity contribution in [3.63, 3.8) is 0 Å². The van der Waals surface area contributed by atoms with E-state index >= 15 is 0 Å². The number of aromatic amines is 1. The van der Waals surface area contributed by atoms with E-state index in [4.69, 9.17) is 0 Å². The quantitative estimate of drug-likeness (QED) is 0.732. The van der Waals surface area contributed by atoms with Gasteiger partial charge in [0.15, 0.2) is 0 Å². The van der Waals surface area contributed by atoms with Crippen LogP contribution in [0.5, 0.6) is 0 Å². The Bertz CT molecular complexity index is 643. The molecule has 0 radical (unpaired) electrons. The van der Waals surface area contributed by atoms with Gasteiger partial charge in [-0.05, 0) is 29.7 Å². The van der Waals surface area contributed by atoms with Gasteiger partial charge in [0.1, 0.15) is 0 Å². The third-order valence-corrected chi connectivity index (χ3v) is 3.60. The van der Waals surface area contributed by atoms with E-state index in [2.05, 4.69) is 52.4 Å². The van der Waals surface area contributed by atoms with E-state index in [0.29, 0.717) is 5.92 Å². The van der Waals surface area contributed by atoms with Crippen LogP contribution in [0.2, 0.25) is 0 Å². The predicted molar refractivity (Wildman–Crippen MR) is 91.7 cm³/mol. The summed E-state index contributed by atoms with van der Waals surface area (Å²) >= 11 is 0. The van der Waals surface area contributed by atoms with E-state index in [1.54, 1.807) is 0 Å². The number of hydrogen-bond donors (Lipinski definition) is 1. The van der Waals surface area contributed by atoms with Crippen molar-refractivity contribution in [3.8, 4) is 11.1 Å². The van der Waals surface area contributed by atoms with Crippen molar-refractivity contribution < 1.29 is 0 Å². The van der Waals surface area contributed by atoms with Crippen LogP contribution in [0.4, 0.5) is 0 Å². The highest BCUT2D eigenvalue weighted by atomic mass is 15.1. The van der Waals surface area contributed by atoms with E-state index in [1.165, 1.54) is 11.1 Å². The van der Waals surface area contributed by atoms with Gasteiger partial charge in [-0.1, -0.05) is 51.1 Å². The molecule has 0 saturated carbocycles. The zero-order valence-electron chi connectivity index (χ0n) is 13.5. The molecule has 0 aliphatic rings. The van der Waals surface area contributed by atoms with Crippen molar-refractivity contribution in [2.24, 2.45) is 0 Å². The Kier molecular flexibility index (Phi) is 5.90. The molecule has 3 rings (SSSR count). The highest BCUT2D eigenvalue weighted by Crippen LogP contribution is 2.28. The van der Waals surface area contributed by atoms with Crippen LogP contribution >= 0.6 is 0 Å². The number of rotatable bonds is 4. The van der Waals surface area contributed by atoms with Gasteiger partial charge in [-0.15, -0.1) is 0 Å². The van der Waals surface area contributed by atoms with E-state index in [9.17, 15) is 0 Å². The minimum atomic E-state index is 0.356. The first-order chi connectivity index (χ1) is 10.9. The third-order valence-electron chi connectivity index (χ3n) is 3.60. The fraction of sp³-hybridized carbons (Fsp3) is 0.263. The Balaban J connectivity index is 0.000000847. The lowest BCUT2D eigenvalue weighted by molar-refractivity contribution is 0.749. The Labute approximate surface area is 132 Å². The van der Waals surface area contributed by atoms with Gasteiger partial charge in [0.05, 0.1) is 6.20 Å². The van der Waals surface area contributed by atoms with Gasteiger partial charge in [-0.25, -0.2) is 0 Å². The zero-order valence-corrected chi connectivity index (χ0v) is 13.5. The van der Waals surface area contributed by atoms with Gasteiger partial charge < -0.3 is 0 Å². The van der Waals surface area contributed by atoms with Gasteiger partial charge in [-0.2, -0.15) is 5.10 Å². The fourth-order valence-electron chi connectivity index (χ4n) is 2.51. The second-order valence-corrected chi connectivity index (χ2v) is 4.82. The van der Waals surface area contributed by atoms with Crippen LogP contribution in [0.1, 0.15) is 44.4 Å². The molecule has 1 atom stereocenters. The molecular formula is C19H23N3. The summed E-state index contributed by atoms with van der Waals surface area (Å²) in [4.78, 5) is 4.48. The van der Waals surface area contributed by atoms with Crippen molar-refractivity contribution >= 4 is 0 Å². The van der Waals surface area contributed by atoms with Crippen LogP contribution in [0.3, 0.4) is 0 Å². The van der Waals surface area contributed by atoms with Gasteiger partial charge >= 0.3 is 0 Å². The Morgan fingerprint density at radius 2 is 1.77 bits per heavy atom. The molecule has 0 saturated heterocycles. The summed E-state index contributed by atoms with van der Waals surface area (Å²) < 4.78 is 0. The highest BCUT2D eigenvalue weighted by Gasteiger charge is 2.13. The minimum Gasteiger partial charge on any atom is -0.285 e. The summed E-state index contributed by atoms with van der Waals surface area (Å²) in [6, 6.07) is 14.8. The average molecular weight is 293 g/mol. The Morgan fingerprint density at radius 3 is 2.32 bits per heavy atom. The molecule has 0 bridgehead atoms. The standard InChI is InChI=1S/C17H17N3.C2H6/c1-2-16(17-5-3-4-10-18-17)14-8-6-13(7-9-14)15-11-19-20-12-15;1-2/h3-12,16H,2H2,1H3,(H,19,20);1-2H3. The molecule has 2 heterocycles. The lowest BCUT2D eigenvalue weighted by Crippen LogP contribution is -2.01. The van der Waals surface area contributed by atoms with Crippen LogP contribution in [0, 0.1) is 0 Å². The van der Waals surface area contributed by atoms with Crippen molar-refractivity contribution in [3.05, 3.63) is 72.3 Å². The number of H-pyrrole nitrogens is 1. The lowest BCUT2D eigenvalue weighted by atomic mass is 9.91. The van der Waals surface area contributed by atoms with E-state index in [0.717, 1.165) is 17.7 Å². The van der Waals surface area contributed by atoms with E-state index < -0.39 is 0 Å². The first kappa shape index (κ1) is 16.0. The molecule has 3 nitrogen and oxygen atoms in total. The second kappa shape index (κ2) is 8.13. The number of hydrogen-bond acceptors (Lipinski definition) is 2. The van der Waals surface area contributed by atoms with Crippen LogP contribution < -0.4 is 0 Å². The topological polar surface area (TPSA) is 41.6 Å². The summed E-state index contributed by atoms with van der Waals surface area (Å²) in [7, 11) is 0. The van der Waals surface area contributed by atoms with Crippen LogP contribution in [-0.2, 0) is 0 Å². The van der Waals surface area contributed by atoms with Crippen LogP contribution in [-0.4, -0.2) is 15.2 Å². The van der Waals surface area contributed by atoms with Crippen molar-refractivity contribution in [1.29, 1.82) is 0 Å². The fourth-order valence-corrected chi connectivity index (χ4v) is 2.51. The maximum atomic E-state index is 4.48. The molecule has 0 aliphatic heterocycles. The summed E-state index contributed by atoms with van der Waals surface area (Å²) in [5, 5.41) is 6.83. The molecule has 22 heavy (non-hydrogen) atoms. The molecule has 1 aromatic carbocycles. The maximum absolute atomic E-state index is 4.48. The van der Waals surface area contributed by atoms with E-state index in [1.807, 2.05) is 44.6 Å². The summed E-state index contributed by atoms with van der Waals surface area (Å²) in [6.45, 7) is 6.20. The predicted octanol–water partition coefficient (Wildman–Crippen LogP) is 5.04. The average Bonchev–Trinajstić information content (AvgIpc) is 3.14. The molecule has 1 N–H and O–H groups in total. The number of benzene rings is 1. The molecule has 0 aliphatic carbocycles. The number of pyridine rings is 1. The first-order valence-electron chi connectivity index (χ1n) is 7.88. The minimum absolute atomic E-state index is 0.356. The first-order valence-corrected chi connectivity index (χ1v) is 7.88.